The summed E-state index contributed by atoms with van der Waals surface area (Å²) in [5.41, 5.74) is 1.80. The number of nitrogens with zero attached hydrogens (tertiary/aromatic N) is 1. The van der Waals surface area contributed by atoms with Crippen LogP contribution in [0.2, 0.25) is 5.02 Å². The monoisotopic (exact) mass is 477 g/mol. The number of hydrogen-bond donors (Lipinski definition) is 2. The molecule has 10 heteroatoms. The predicted octanol–water partition coefficient (Wildman–Crippen LogP) is 3.41. The number of ether oxygens (including phenoxy) is 1. The van der Waals surface area contributed by atoms with Gasteiger partial charge in [0.2, 0.25) is 15.9 Å². The van der Waals surface area contributed by atoms with Crippen molar-refractivity contribution in [3.05, 3.63) is 47.0 Å². The average Bonchev–Trinajstić information content (AvgIpc) is 2.76. The van der Waals surface area contributed by atoms with Gasteiger partial charge in [0.05, 0.1) is 16.5 Å². The van der Waals surface area contributed by atoms with Gasteiger partial charge in [-0.15, -0.1) is 0 Å². The zero-order chi connectivity index (χ0) is 23.0. The molecule has 1 saturated heterocycles. The number of amides is 2. The summed E-state index contributed by atoms with van der Waals surface area (Å²) in [6.45, 7) is 3.87. The van der Waals surface area contributed by atoms with Crippen LogP contribution in [0.3, 0.4) is 0 Å². The Labute approximate surface area is 191 Å². The Morgan fingerprint density at radius 1 is 1.25 bits per heavy atom. The van der Waals surface area contributed by atoms with Crippen molar-refractivity contribution in [1.82, 2.24) is 4.31 Å². The Kier molecular flexibility index (Phi) is 6.15. The van der Waals surface area contributed by atoms with Crippen LogP contribution in [-0.2, 0) is 19.6 Å². The molecule has 2 atom stereocenters. The lowest BCUT2D eigenvalue weighted by atomic mass is 9.98. The predicted molar refractivity (Wildman–Crippen MR) is 121 cm³/mol. The van der Waals surface area contributed by atoms with Gasteiger partial charge in [0.15, 0.2) is 6.10 Å². The van der Waals surface area contributed by atoms with E-state index in [1.165, 1.54) is 22.5 Å². The van der Waals surface area contributed by atoms with Gasteiger partial charge in [0.25, 0.3) is 5.91 Å². The van der Waals surface area contributed by atoms with E-state index in [-0.39, 0.29) is 23.3 Å². The third-order valence-corrected chi connectivity index (χ3v) is 7.83. The molecule has 0 saturated carbocycles. The number of halogens is 1. The topological polar surface area (TPSA) is 105 Å². The number of aryl methyl sites for hydroxylation is 1. The molecule has 2 unspecified atom stereocenters. The number of carbonyl (C=O) groups excluding carboxylic acids is 2. The van der Waals surface area contributed by atoms with E-state index in [4.69, 9.17) is 16.3 Å². The quantitative estimate of drug-likeness (QED) is 0.702. The summed E-state index contributed by atoms with van der Waals surface area (Å²) in [7, 11) is -3.86. The highest BCUT2D eigenvalue weighted by atomic mass is 35.5. The first-order valence-corrected chi connectivity index (χ1v) is 12.2. The fourth-order valence-electron chi connectivity index (χ4n) is 3.84. The minimum absolute atomic E-state index is 0.0430. The van der Waals surface area contributed by atoms with Crippen molar-refractivity contribution in [3.8, 4) is 5.75 Å². The molecule has 0 aliphatic carbocycles. The van der Waals surface area contributed by atoms with Gasteiger partial charge in [-0.3, -0.25) is 9.59 Å². The summed E-state index contributed by atoms with van der Waals surface area (Å²) in [6, 6.07) is 9.62. The molecule has 0 aromatic heterocycles. The van der Waals surface area contributed by atoms with Gasteiger partial charge in [-0.25, -0.2) is 8.42 Å². The van der Waals surface area contributed by atoms with Gasteiger partial charge in [-0.05, 0) is 62.6 Å². The maximum Gasteiger partial charge on any atom is 0.265 e. The normalized spacial score (nSPS) is 21.3. The maximum atomic E-state index is 13.3. The van der Waals surface area contributed by atoms with Gasteiger partial charge >= 0.3 is 0 Å². The largest absolute Gasteiger partial charge is 0.479 e. The van der Waals surface area contributed by atoms with Crippen molar-refractivity contribution >= 4 is 44.8 Å². The number of hydrogen-bond acceptors (Lipinski definition) is 5. The van der Waals surface area contributed by atoms with Gasteiger partial charge < -0.3 is 15.4 Å². The van der Waals surface area contributed by atoms with Crippen molar-refractivity contribution in [2.24, 2.45) is 5.92 Å². The van der Waals surface area contributed by atoms with E-state index in [1.54, 1.807) is 19.1 Å². The van der Waals surface area contributed by atoms with Crippen LogP contribution in [0.25, 0.3) is 0 Å². The molecule has 170 valence electrons. The molecule has 1 fully saturated rings. The Morgan fingerprint density at radius 2 is 2.03 bits per heavy atom. The number of anilines is 2. The van der Waals surface area contributed by atoms with E-state index in [9.17, 15) is 18.0 Å². The van der Waals surface area contributed by atoms with E-state index in [2.05, 4.69) is 10.6 Å². The Hall–Kier alpha value is -2.62. The molecule has 2 aliphatic rings. The summed E-state index contributed by atoms with van der Waals surface area (Å²) >= 11 is 6.03. The van der Waals surface area contributed by atoms with Gasteiger partial charge in [0, 0.05) is 23.8 Å². The molecule has 0 spiro atoms. The molecule has 0 bridgehead atoms. The number of rotatable bonds is 4. The molecule has 8 nitrogen and oxygen atoms in total. The van der Waals surface area contributed by atoms with Crippen molar-refractivity contribution < 1.29 is 22.7 Å². The fourth-order valence-corrected chi connectivity index (χ4v) is 5.56. The minimum Gasteiger partial charge on any atom is -0.479 e. The van der Waals surface area contributed by atoms with Crippen LogP contribution in [0.5, 0.6) is 5.75 Å². The van der Waals surface area contributed by atoms with E-state index in [1.807, 2.05) is 13.0 Å². The number of carbonyl (C=O) groups is 2. The first-order valence-electron chi connectivity index (χ1n) is 10.3. The zero-order valence-corrected chi connectivity index (χ0v) is 19.3. The van der Waals surface area contributed by atoms with Crippen LogP contribution in [0.4, 0.5) is 11.4 Å². The zero-order valence-electron chi connectivity index (χ0n) is 17.7. The summed E-state index contributed by atoms with van der Waals surface area (Å²) in [5, 5.41) is 6.05. The molecule has 2 aromatic rings. The second kappa shape index (κ2) is 8.73. The highest BCUT2D eigenvalue weighted by Gasteiger charge is 2.34. The van der Waals surface area contributed by atoms with Crippen LogP contribution < -0.4 is 15.4 Å². The second-order valence-electron chi connectivity index (χ2n) is 8.06. The molecule has 2 aliphatic heterocycles. The highest BCUT2D eigenvalue weighted by Crippen LogP contribution is 2.34. The lowest BCUT2D eigenvalue weighted by molar-refractivity contribution is -0.123. The summed E-state index contributed by atoms with van der Waals surface area (Å²) in [4.78, 5) is 24.8. The Morgan fingerprint density at radius 3 is 2.81 bits per heavy atom. The third kappa shape index (κ3) is 4.46. The average molecular weight is 478 g/mol. The number of nitrogens with one attached hydrogen (secondary N) is 2. The van der Waals surface area contributed by atoms with Crippen LogP contribution >= 0.6 is 11.6 Å². The molecule has 32 heavy (non-hydrogen) atoms. The molecule has 2 heterocycles. The standard InChI is InChI=1S/C22H24ClN3O5S/c1-13-5-6-16(23)10-18(13)24-22(28)15-4-3-9-26(12-15)32(29,30)17-7-8-20-19(11-17)25-21(27)14(2)31-20/h5-8,10-11,14-15H,3-4,9,12H2,1-2H3,(H,24,28)(H,25,27). The maximum absolute atomic E-state index is 13.3. The van der Waals surface area contributed by atoms with E-state index in [0.29, 0.717) is 41.5 Å². The van der Waals surface area contributed by atoms with Crippen LogP contribution in [0, 0.1) is 12.8 Å². The molecule has 2 amide bonds. The van der Waals surface area contributed by atoms with Crippen LogP contribution in [0.1, 0.15) is 25.3 Å². The molecular formula is C22H24ClN3O5S. The van der Waals surface area contributed by atoms with Crippen LogP contribution in [0.15, 0.2) is 41.3 Å². The van der Waals surface area contributed by atoms with Crippen LogP contribution in [-0.4, -0.2) is 43.7 Å². The van der Waals surface area contributed by atoms with E-state index in [0.717, 1.165) is 5.56 Å². The van der Waals surface area contributed by atoms with Crippen molar-refractivity contribution in [1.29, 1.82) is 0 Å². The molecule has 4 rings (SSSR count). The minimum atomic E-state index is -3.86. The van der Waals surface area contributed by atoms with E-state index < -0.39 is 22.0 Å². The fraction of sp³-hybridized carbons (Fsp3) is 0.364. The second-order valence-corrected chi connectivity index (χ2v) is 10.4. The Balaban J connectivity index is 1.51. The van der Waals surface area contributed by atoms with E-state index >= 15 is 0 Å². The molecular weight excluding hydrogens is 454 g/mol. The number of sulfonamides is 1. The number of benzene rings is 2. The number of piperidine rings is 1. The summed E-state index contributed by atoms with van der Waals surface area (Å²) in [5.74, 6) is -0.643. The van der Waals surface area contributed by atoms with Crippen molar-refractivity contribution in [2.45, 2.75) is 37.7 Å². The van der Waals surface area contributed by atoms with Crippen molar-refractivity contribution in [3.63, 3.8) is 0 Å². The highest BCUT2D eigenvalue weighted by molar-refractivity contribution is 7.89. The van der Waals surface area contributed by atoms with Gasteiger partial charge in [0.1, 0.15) is 5.75 Å². The lowest BCUT2D eigenvalue weighted by Crippen LogP contribution is -2.43. The lowest BCUT2D eigenvalue weighted by Gasteiger charge is -2.31. The first kappa shape index (κ1) is 22.6. The SMILES string of the molecule is Cc1ccc(Cl)cc1NC(=O)C1CCCN(S(=O)(=O)c2ccc3c(c2)NC(=O)C(C)O3)C1. The first-order chi connectivity index (χ1) is 15.1. The van der Waals surface area contributed by atoms with Crippen molar-refractivity contribution in [2.75, 3.05) is 23.7 Å². The summed E-state index contributed by atoms with van der Waals surface area (Å²) in [6.07, 6.45) is 0.506. The molecule has 2 N–H and O–H groups in total. The Bertz CT molecular complexity index is 1180. The smallest absolute Gasteiger partial charge is 0.265 e. The molecule has 2 aromatic carbocycles. The van der Waals surface area contributed by atoms with Gasteiger partial charge in [-0.1, -0.05) is 17.7 Å². The third-order valence-electron chi connectivity index (χ3n) is 5.73. The number of fused-ring (bicyclic) bond motifs is 1. The van der Waals surface area contributed by atoms with Gasteiger partial charge in [-0.2, -0.15) is 4.31 Å². The molecule has 0 radical (unpaired) electrons. The summed E-state index contributed by atoms with van der Waals surface area (Å²) < 4.78 is 33.4.